The lowest BCUT2D eigenvalue weighted by molar-refractivity contribution is 0.0671. The molecule has 0 saturated carbocycles. The van der Waals surface area contributed by atoms with E-state index in [1.54, 1.807) is 12.0 Å². The van der Waals surface area contributed by atoms with Crippen molar-refractivity contribution in [1.29, 1.82) is 0 Å². The van der Waals surface area contributed by atoms with Crippen LogP contribution in [0.15, 0.2) is 78.9 Å². The Bertz CT molecular complexity index is 1500. The molecule has 1 aromatic heterocycles. The van der Waals surface area contributed by atoms with Crippen molar-refractivity contribution in [3.05, 3.63) is 101 Å². The van der Waals surface area contributed by atoms with Crippen LogP contribution in [-0.4, -0.2) is 59.6 Å². The minimum absolute atomic E-state index is 0.0269. The fraction of sp³-hybridized carbons (Fsp3) is 0.250. The minimum atomic E-state index is -0.137. The van der Waals surface area contributed by atoms with Crippen LogP contribution in [0.4, 0.5) is 10.5 Å². The molecule has 1 aliphatic rings. The van der Waals surface area contributed by atoms with Crippen molar-refractivity contribution >= 4 is 17.6 Å². The second-order valence-corrected chi connectivity index (χ2v) is 9.89. The van der Waals surface area contributed by atoms with Gasteiger partial charge in [0, 0.05) is 49.3 Å². The first-order chi connectivity index (χ1) is 18.9. The van der Waals surface area contributed by atoms with Gasteiger partial charge in [0.2, 0.25) is 0 Å². The molecule has 0 bridgehead atoms. The van der Waals surface area contributed by atoms with E-state index in [2.05, 4.69) is 9.88 Å². The van der Waals surface area contributed by atoms with Gasteiger partial charge < -0.3 is 24.4 Å². The van der Waals surface area contributed by atoms with Gasteiger partial charge in [-0.3, -0.25) is 4.79 Å². The van der Waals surface area contributed by atoms with E-state index in [4.69, 9.17) is 4.74 Å². The summed E-state index contributed by atoms with van der Waals surface area (Å²) in [5.74, 6) is 0.726. The Morgan fingerprint density at radius 2 is 1.49 bits per heavy atom. The number of rotatable bonds is 5. The van der Waals surface area contributed by atoms with Crippen LogP contribution in [0.3, 0.4) is 0 Å². The summed E-state index contributed by atoms with van der Waals surface area (Å²) >= 11 is 0. The summed E-state index contributed by atoms with van der Waals surface area (Å²) in [4.78, 5) is 30.3. The minimum Gasteiger partial charge on any atom is -0.497 e. The average Bonchev–Trinajstić information content (AvgIpc) is 3.32. The highest BCUT2D eigenvalue weighted by atomic mass is 16.5. The lowest BCUT2D eigenvalue weighted by Crippen LogP contribution is -2.51. The third kappa shape index (κ3) is 5.25. The summed E-state index contributed by atoms with van der Waals surface area (Å²) in [6, 6.07) is 25.7. The van der Waals surface area contributed by atoms with Crippen LogP contribution in [0.5, 0.6) is 5.75 Å². The lowest BCUT2D eigenvalue weighted by Gasteiger charge is -2.35. The number of nitrogens with zero attached hydrogens (tertiary/aromatic N) is 3. The summed E-state index contributed by atoms with van der Waals surface area (Å²) in [5.41, 5.74) is 7.43. The van der Waals surface area contributed by atoms with E-state index in [1.165, 1.54) is 0 Å². The zero-order chi connectivity index (χ0) is 27.5. The van der Waals surface area contributed by atoms with Crippen LogP contribution in [0, 0.1) is 20.8 Å². The molecule has 4 aromatic rings. The number of ether oxygens (including phenoxy) is 1. The lowest BCUT2D eigenvalue weighted by atomic mass is 10.1. The number of piperazine rings is 1. The number of benzene rings is 3. The number of hydrogen-bond acceptors (Lipinski definition) is 3. The Labute approximate surface area is 229 Å². The number of aromatic nitrogens is 1. The smallest absolute Gasteiger partial charge is 0.321 e. The predicted molar refractivity (Wildman–Crippen MR) is 155 cm³/mol. The molecule has 1 fully saturated rings. The van der Waals surface area contributed by atoms with Crippen molar-refractivity contribution in [3.63, 3.8) is 0 Å². The van der Waals surface area contributed by atoms with Gasteiger partial charge in [0.15, 0.2) is 0 Å². The highest BCUT2D eigenvalue weighted by Gasteiger charge is 2.28. The van der Waals surface area contributed by atoms with Gasteiger partial charge in [0.25, 0.3) is 5.91 Å². The third-order valence-electron chi connectivity index (χ3n) is 7.56. The van der Waals surface area contributed by atoms with Gasteiger partial charge in [-0.2, -0.15) is 0 Å². The van der Waals surface area contributed by atoms with Crippen LogP contribution >= 0.6 is 0 Å². The monoisotopic (exact) mass is 522 g/mol. The molecule has 1 saturated heterocycles. The van der Waals surface area contributed by atoms with Crippen molar-refractivity contribution in [2.75, 3.05) is 38.6 Å². The van der Waals surface area contributed by atoms with Crippen LogP contribution in [0.1, 0.15) is 27.2 Å². The Morgan fingerprint density at radius 1 is 0.795 bits per heavy atom. The maximum Gasteiger partial charge on any atom is 0.321 e. The third-order valence-corrected chi connectivity index (χ3v) is 7.56. The summed E-state index contributed by atoms with van der Waals surface area (Å²) in [6.45, 7) is 7.92. The van der Waals surface area contributed by atoms with E-state index in [1.807, 2.05) is 105 Å². The molecule has 1 N–H and O–H groups in total. The molecular weight excluding hydrogens is 488 g/mol. The van der Waals surface area contributed by atoms with Gasteiger partial charge in [-0.1, -0.05) is 48.5 Å². The van der Waals surface area contributed by atoms with Gasteiger partial charge in [0.1, 0.15) is 5.75 Å². The van der Waals surface area contributed by atoms with E-state index in [0.717, 1.165) is 45.2 Å². The number of methoxy groups -OCH3 is 1. The zero-order valence-electron chi connectivity index (χ0n) is 22.9. The summed E-state index contributed by atoms with van der Waals surface area (Å²) in [6.07, 6.45) is 0. The van der Waals surface area contributed by atoms with E-state index < -0.39 is 0 Å². The molecule has 1 aliphatic heterocycles. The van der Waals surface area contributed by atoms with Crippen molar-refractivity contribution in [2.45, 2.75) is 20.8 Å². The molecule has 2 heterocycles. The normalized spacial score (nSPS) is 13.3. The Kier molecular flexibility index (Phi) is 7.41. The Hall–Kier alpha value is -4.52. The largest absolute Gasteiger partial charge is 0.497 e. The number of amides is 3. The number of carbonyl (C=O) groups excluding carboxylic acids is 2. The predicted octanol–water partition coefficient (Wildman–Crippen LogP) is 6.07. The van der Waals surface area contributed by atoms with Crippen LogP contribution in [-0.2, 0) is 0 Å². The van der Waals surface area contributed by atoms with E-state index in [9.17, 15) is 9.59 Å². The molecule has 0 unspecified atom stereocenters. The Morgan fingerprint density at radius 3 is 2.21 bits per heavy atom. The van der Waals surface area contributed by atoms with Crippen molar-refractivity contribution < 1.29 is 14.3 Å². The summed E-state index contributed by atoms with van der Waals surface area (Å²) in [5, 5.41) is 3.03. The average molecular weight is 523 g/mol. The molecule has 3 amide bonds. The van der Waals surface area contributed by atoms with Gasteiger partial charge in [-0.05, 0) is 61.7 Å². The summed E-state index contributed by atoms with van der Waals surface area (Å²) < 4.78 is 7.57. The second-order valence-electron chi connectivity index (χ2n) is 9.89. The number of hydrogen-bond donors (Lipinski definition) is 1. The van der Waals surface area contributed by atoms with Crippen LogP contribution < -0.4 is 10.1 Å². The van der Waals surface area contributed by atoms with E-state index >= 15 is 0 Å². The standard InChI is InChI=1S/C32H34N4O3/c1-22-10-8-15-29(23(22)2)33-32(38)35-18-16-34(17-19-35)31(37)28-21-30(25-11-6-5-7-12-25)36(24(28)3)26-13-9-14-27(20-26)39-4/h5-15,20-21H,16-19H2,1-4H3,(H,33,38). The molecule has 3 aromatic carbocycles. The Balaban J connectivity index is 1.37. The first-order valence-electron chi connectivity index (χ1n) is 13.2. The molecule has 39 heavy (non-hydrogen) atoms. The second kappa shape index (κ2) is 11.1. The highest BCUT2D eigenvalue weighted by Crippen LogP contribution is 2.31. The molecule has 0 aliphatic carbocycles. The van der Waals surface area contributed by atoms with Crippen molar-refractivity contribution in [2.24, 2.45) is 0 Å². The number of nitrogens with one attached hydrogen (secondary N) is 1. The highest BCUT2D eigenvalue weighted by molar-refractivity contribution is 5.98. The fourth-order valence-corrected chi connectivity index (χ4v) is 5.09. The van der Waals surface area contributed by atoms with Crippen molar-refractivity contribution in [3.8, 4) is 22.7 Å². The van der Waals surface area contributed by atoms with Crippen LogP contribution in [0.2, 0.25) is 0 Å². The SMILES string of the molecule is COc1cccc(-n2c(-c3ccccc3)cc(C(=O)N3CCN(C(=O)Nc4cccc(C)c4C)CC3)c2C)c1. The fourth-order valence-electron chi connectivity index (χ4n) is 5.09. The first-order valence-corrected chi connectivity index (χ1v) is 13.2. The molecule has 0 spiro atoms. The van der Waals surface area contributed by atoms with E-state index in [-0.39, 0.29) is 11.9 Å². The van der Waals surface area contributed by atoms with E-state index in [0.29, 0.717) is 31.7 Å². The topological polar surface area (TPSA) is 66.8 Å². The molecule has 7 nitrogen and oxygen atoms in total. The zero-order valence-corrected chi connectivity index (χ0v) is 22.9. The molecule has 7 heteroatoms. The molecule has 0 radical (unpaired) electrons. The van der Waals surface area contributed by atoms with Gasteiger partial charge in [-0.15, -0.1) is 0 Å². The first kappa shape index (κ1) is 26.1. The number of carbonyl (C=O) groups is 2. The van der Waals surface area contributed by atoms with Gasteiger partial charge in [0.05, 0.1) is 18.4 Å². The van der Waals surface area contributed by atoms with Gasteiger partial charge >= 0.3 is 6.03 Å². The number of anilines is 1. The molecule has 0 atom stereocenters. The maximum atomic E-state index is 13.8. The quantitative estimate of drug-likeness (QED) is 0.346. The number of aryl methyl sites for hydroxylation is 1. The summed E-state index contributed by atoms with van der Waals surface area (Å²) in [7, 11) is 1.65. The maximum absolute atomic E-state index is 13.8. The van der Waals surface area contributed by atoms with Gasteiger partial charge in [-0.25, -0.2) is 4.79 Å². The van der Waals surface area contributed by atoms with Crippen molar-refractivity contribution in [1.82, 2.24) is 14.4 Å². The number of urea groups is 1. The molecule has 5 rings (SSSR count). The molecule has 200 valence electrons. The van der Waals surface area contributed by atoms with Crippen LogP contribution in [0.25, 0.3) is 16.9 Å². The molecular formula is C32H34N4O3.